The van der Waals surface area contributed by atoms with E-state index in [1.807, 2.05) is 17.5 Å². The van der Waals surface area contributed by atoms with Crippen LogP contribution in [0.1, 0.15) is 44.0 Å². The van der Waals surface area contributed by atoms with Gasteiger partial charge in [0.05, 0.1) is 10.9 Å². The van der Waals surface area contributed by atoms with Crippen LogP contribution in [-0.2, 0) is 14.8 Å². The Hall–Kier alpha value is -1.70. The zero-order valence-corrected chi connectivity index (χ0v) is 18.0. The summed E-state index contributed by atoms with van der Waals surface area (Å²) < 4.78 is 27.0. The molecule has 7 heteroatoms. The number of benzene rings is 1. The topological polar surface area (TPSA) is 66.5 Å². The third kappa shape index (κ3) is 5.01. The molecule has 1 fully saturated rings. The number of hydrogen-bond donors (Lipinski definition) is 1. The average molecular weight is 421 g/mol. The smallest absolute Gasteiger partial charge is 0.243 e. The van der Waals surface area contributed by atoms with Gasteiger partial charge in [0, 0.05) is 24.4 Å². The minimum absolute atomic E-state index is 0.0334. The summed E-state index contributed by atoms with van der Waals surface area (Å²) in [6.07, 6.45) is 1.88. The van der Waals surface area contributed by atoms with Gasteiger partial charge >= 0.3 is 0 Å². The van der Waals surface area contributed by atoms with Crippen molar-refractivity contribution >= 4 is 27.3 Å². The van der Waals surface area contributed by atoms with Crippen LogP contribution in [0.5, 0.6) is 0 Å². The molecule has 1 aromatic carbocycles. The summed E-state index contributed by atoms with van der Waals surface area (Å²) >= 11 is 1.66. The molecule has 1 aliphatic rings. The molecule has 0 saturated carbocycles. The molecule has 1 amide bonds. The molecule has 0 unspecified atom stereocenters. The molecule has 1 atom stereocenters. The third-order valence-corrected chi connectivity index (χ3v) is 8.13. The fourth-order valence-electron chi connectivity index (χ4n) is 3.62. The number of rotatable bonds is 7. The number of hydrogen-bond acceptors (Lipinski definition) is 4. The quantitative estimate of drug-likeness (QED) is 0.735. The highest BCUT2D eigenvalue weighted by molar-refractivity contribution is 7.89. The molecule has 1 aromatic heterocycles. The Labute approximate surface area is 171 Å². The number of sulfonamides is 1. The van der Waals surface area contributed by atoms with Crippen molar-refractivity contribution in [1.82, 2.24) is 9.62 Å². The zero-order chi connectivity index (χ0) is 20.1. The first-order valence-corrected chi connectivity index (χ1v) is 12.1. The number of nitrogens with one attached hydrogen (secondary N) is 1. The molecule has 3 rings (SSSR count). The molecule has 1 N–H and O–H groups in total. The van der Waals surface area contributed by atoms with Gasteiger partial charge in [0.15, 0.2) is 0 Å². The van der Waals surface area contributed by atoms with Gasteiger partial charge in [-0.2, -0.15) is 4.31 Å². The van der Waals surface area contributed by atoms with E-state index in [9.17, 15) is 13.2 Å². The number of nitrogens with zero attached hydrogens (tertiary/aromatic N) is 1. The van der Waals surface area contributed by atoms with Crippen LogP contribution in [0.3, 0.4) is 0 Å². The van der Waals surface area contributed by atoms with Gasteiger partial charge in [0.2, 0.25) is 15.9 Å². The van der Waals surface area contributed by atoms with E-state index >= 15 is 0 Å². The first-order valence-electron chi connectivity index (χ1n) is 9.76. The van der Waals surface area contributed by atoms with E-state index in [0.717, 1.165) is 0 Å². The lowest BCUT2D eigenvalue weighted by atomic mass is 9.93. The standard InChI is InChI=1S/C21H28N2O3S2/c1-16(2)21(19-9-6-14-27-19)22-20(24)15-17-10-12-23(13-11-17)28(25,26)18-7-4-3-5-8-18/h3-9,14,16-17,21H,10-13,15H2,1-2H3,(H,22,24)/t21-/m0/s1. The second kappa shape index (κ2) is 9.20. The molecule has 28 heavy (non-hydrogen) atoms. The van der Waals surface area contributed by atoms with Crippen LogP contribution in [0.15, 0.2) is 52.7 Å². The normalized spacial score (nSPS) is 17.5. The number of thiophene rings is 1. The van der Waals surface area contributed by atoms with Crippen molar-refractivity contribution in [3.8, 4) is 0 Å². The van der Waals surface area contributed by atoms with Gasteiger partial charge in [-0.3, -0.25) is 4.79 Å². The molecule has 0 radical (unpaired) electrons. The second-order valence-electron chi connectivity index (χ2n) is 7.67. The van der Waals surface area contributed by atoms with Gasteiger partial charge in [0.1, 0.15) is 0 Å². The molecule has 2 aromatic rings. The van der Waals surface area contributed by atoms with Crippen LogP contribution in [0.4, 0.5) is 0 Å². The highest BCUT2D eigenvalue weighted by atomic mass is 32.2. The van der Waals surface area contributed by atoms with Crippen LogP contribution in [0.25, 0.3) is 0 Å². The monoisotopic (exact) mass is 420 g/mol. The minimum Gasteiger partial charge on any atom is -0.348 e. The lowest BCUT2D eigenvalue weighted by Crippen LogP contribution is -2.40. The maximum atomic E-state index is 12.7. The van der Waals surface area contributed by atoms with E-state index in [-0.39, 0.29) is 17.9 Å². The Kier molecular flexibility index (Phi) is 6.91. The summed E-state index contributed by atoms with van der Waals surface area (Å²) in [4.78, 5) is 14.1. The Morgan fingerprint density at radius 2 is 1.82 bits per heavy atom. The lowest BCUT2D eigenvalue weighted by molar-refractivity contribution is -0.123. The summed E-state index contributed by atoms with van der Waals surface area (Å²) in [6.45, 7) is 5.15. The van der Waals surface area contributed by atoms with Crippen LogP contribution in [-0.4, -0.2) is 31.7 Å². The predicted octanol–water partition coefficient (Wildman–Crippen LogP) is 4.05. The van der Waals surface area contributed by atoms with Crippen molar-refractivity contribution in [2.75, 3.05) is 13.1 Å². The fourth-order valence-corrected chi connectivity index (χ4v) is 6.06. The molecule has 0 bridgehead atoms. The number of carbonyl (C=O) groups excluding carboxylic acids is 1. The Balaban J connectivity index is 1.53. The predicted molar refractivity (Wildman–Crippen MR) is 113 cm³/mol. The molecule has 2 heterocycles. The van der Waals surface area contributed by atoms with E-state index in [0.29, 0.717) is 43.2 Å². The minimum atomic E-state index is -3.44. The van der Waals surface area contributed by atoms with Crippen molar-refractivity contribution in [3.05, 3.63) is 52.7 Å². The Bertz CT molecular complexity index is 856. The zero-order valence-electron chi connectivity index (χ0n) is 16.4. The maximum Gasteiger partial charge on any atom is 0.243 e. The van der Waals surface area contributed by atoms with Gasteiger partial charge in [-0.15, -0.1) is 11.3 Å². The lowest BCUT2D eigenvalue weighted by Gasteiger charge is -2.31. The van der Waals surface area contributed by atoms with Crippen LogP contribution in [0.2, 0.25) is 0 Å². The van der Waals surface area contributed by atoms with Crippen molar-refractivity contribution in [2.24, 2.45) is 11.8 Å². The second-order valence-corrected chi connectivity index (χ2v) is 10.6. The largest absolute Gasteiger partial charge is 0.348 e. The van der Waals surface area contributed by atoms with E-state index in [4.69, 9.17) is 0 Å². The molecular formula is C21H28N2O3S2. The third-order valence-electron chi connectivity index (χ3n) is 5.26. The van der Waals surface area contributed by atoms with Gasteiger partial charge in [-0.1, -0.05) is 38.1 Å². The van der Waals surface area contributed by atoms with E-state index in [2.05, 4.69) is 25.2 Å². The highest BCUT2D eigenvalue weighted by Gasteiger charge is 2.30. The number of amides is 1. The van der Waals surface area contributed by atoms with Crippen LogP contribution in [0, 0.1) is 11.8 Å². The summed E-state index contributed by atoms with van der Waals surface area (Å²) in [7, 11) is -3.44. The molecule has 1 aliphatic heterocycles. The van der Waals surface area contributed by atoms with Gasteiger partial charge < -0.3 is 5.32 Å². The van der Waals surface area contributed by atoms with Crippen molar-refractivity contribution < 1.29 is 13.2 Å². The SMILES string of the molecule is CC(C)[C@H](NC(=O)CC1CCN(S(=O)(=O)c2ccccc2)CC1)c1cccs1. The molecule has 0 spiro atoms. The highest BCUT2D eigenvalue weighted by Crippen LogP contribution is 2.28. The Morgan fingerprint density at radius 1 is 1.14 bits per heavy atom. The number of piperidine rings is 1. The molecular weight excluding hydrogens is 392 g/mol. The van der Waals surface area contributed by atoms with E-state index in [1.54, 1.807) is 39.9 Å². The maximum absolute atomic E-state index is 12.7. The summed E-state index contributed by atoms with van der Waals surface area (Å²) in [5.41, 5.74) is 0. The number of carbonyl (C=O) groups is 1. The van der Waals surface area contributed by atoms with Gasteiger partial charge in [0.25, 0.3) is 0 Å². The first kappa shape index (κ1) is 21.0. The summed E-state index contributed by atoms with van der Waals surface area (Å²) in [5, 5.41) is 5.20. The van der Waals surface area contributed by atoms with Gasteiger partial charge in [-0.25, -0.2) is 8.42 Å². The average Bonchev–Trinajstić information content (AvgIpc) is 3.21. The van der Waals surface area contributed by atoms with Crippen LogP contribution < -0.4 is 5.32 Å². The Morgan fingerprint density at radius 3 is 2.39 bits per heavy atom. The van der Waals surface area contributed by atoms with Crippen LogP contribution >= 0.6 is 11.3 Å². The van der Waals surface area contributed by atoms with Crippen molar-refractivity contribution in [2.45, 2.75) is 44.0 Å². The summed E-state index contributed by atoms with van der Waals surface area (Å²) in [5.74, 6) is 0.593. The molecule has 5 nitrogen and oxygen atoms in total. The van der Waals surface area contributed by atoms with Crippen molar-refractivity contribution in [1.29, 1.82) is 0 Å². The summed E-state index contributed by atoms with van der Waals surface area (Å²) in [6, 6.07) is 12.6. The first-order chi connectivity index (χ1) is 13.4. The van der Waals surface area contributed by atoms with Crippen molar-refractivity contribution in [3.63, 3.8) is 0 Å². The van der Waals surface area contributed by atoms with E-state index < -0.39 is 10.0 Å². The molecule has 0 aliphatic carbocycles. The molecule has 1 saturated heterocycles. The van der Waals surface area contributed by atoms with Gasteiger partial charge in [-0.05, 0) is 48.3 Å². The van der Waals surface area contributed by atoms with E-state index in [1.165, 1.54) is 4.88 Å². The fraction of sp³-hybridized carbons (Fsp3) is 0.476. The molecule has 152 valence electrons.